The second-order valence-electron chi connectivity index (χ2n) is 10.2. The van der Waals surface area contributed by atoms with Gasteiger partial charge in [0, 0.05) is 17.9 Å². The highest BCUT2D eigenvalue weighted by Crippen LogP contribution is 2.66. The molecule has 0 radical (unpaired) electrons. The Kier molecular flexibility index (Phi) is 6.63. The molecule has 202 valence electrons. The van der Waals surface area contributed by atoms with Crippen LogP contribution in [0.1, 0.15) is 55.6 Å². The van der Waals surface area contributed by atoms with Crippen LogP contribution < -0.4 is 10.5 Å². The van der Waals surface area contributed by atoms with E-state index in [1.54, 1.807) is 6.92 Å². The van der Waals surface area contributed by atoms with Crippen molar-refractivity contribution < 1.29 is 44.8 Å². The molecule has 0 spiro atoms. The minimum Gasteiger partial charge on any atom is -0.508 e. The third-order valence-electron chi connectivity index (χ3n) is 7.64. The molecule has 0 saturated heterocycles. The molecule has 1 heterocycles. The fourth-order valence-corrected chi connectivity index (χ4v) is 5.28. The molecule has 1 aliphatic heterocycles. The largest absolute Gasteiger partial charge is 0.508 e. The molecule has 4 atom stereocenters. The van der Waals surface area contributed by atoms with Crippen LogP contribution in [0, 0.1) is 34.3 Å². The fourth-order valence-electron chi connectivity index (χ4n) is 5.10. The summed E-state index contributed by atoms with van der Waals surface area (Å²) < 4.78 is 103. The zero-order valence-corrected chi connectivity index (χ0v) is 20.6. The molecule has 3 aliphatic rings. The molecule has 4 N–H and O–H groups in total. The van der Waals surface area contributed by atoms with E-state index in [-0.39, 0.29) is 23.6 Å². The zero-order valence-electron chi connectivity index (χ0n) is 19.8. The van der Waals surface area contributed by atoms with Crippen LogP contribution in [-0.2, 0) is 4.18 Å². The minimum atomic E-state index is -4.86. The molecule has 1 saturated carbocycles. The van der Waals surface area contributed by atoms with Gasteiger partial charge in [-0.25, -0.2) is 27.5 Å². The Morgan fingerprint density at radius 1 is 1.19 bits per heavy atom. The van der Waals surface area contributed by atoms with E-state index in [0.717, 1.165) is 32.1 Å². The second-order valence-corrected chi connectivity index (χ2v) is 10.6. The van der Waals surface area contributed by atoms with E-state index < -0.39 is 81.7 Å². The Morgan fingerprint density at radius 2 is 1.78 bits per heavy atom. The van der Waals surface area contributed by atoms with Gasteiger partial charge in [0.1, 0.15) is 52.9 Å². The first-order valence-electron chi connectivity index (χ1n) is 11.1. The van der Waals surface area contributed by atoms with Crippen LogP contribution in [-0.4, -0.2) is 17.3 Å². The van der Waals surface area contributed by atoms with Gasteiger partial charge in [-0.1, -0.05) is 6.92 Å². The number of hydrogen-bond acceptors (Lipinski definition) is 6. The summed E-state index contributed by atoms with van der Waals surface area (Å²) >= 11 is 0.126. The summed E-state index contributed by atoms with van der Waals surface area (Å²) in [6.07, 6.45) is -3.91. The SMILES string of the molecule is CC(C)(C1=C(F)CC([C@]2(C)C[C@H]2C2=C(O)[C@H](c3cc(F)c(C(=O)OSN)c(F)c3)N2)C=C1F)C(F)(F)F. The molecule has 0 bridgehead atoms. The predicted octanol–water partition coefficient (Wildman–Crippen LogP) is 6.77. The molecule has 1 aromatic carbocycles. The molecule has 37 heavy (non-hydrogen) atoms. The van der Waals surface area contributed by atoms with Gasteiger partial charge in [0.25, 0.3) is 0 Å². The van der Waals surface area contributed by atoms with Crippen molar-refractivity contribution in [2.75, 3.05) is 0 Å². The number of hydrogen-bond donors (Lipinski definition) is 3. The first-order valence-corrected chi connectivity index (χ1v) is 11.9. The standard InChI is InChI=1S/C24H23F7N2O3S/c1-22(2,24(29,30)31)17-14(27)6-10(7-15(17)28)23(3)8-11(23)19-20(34)18(33-19)9-4-12(25)16(13(26)5-9)21(35)36-37-32/h4-6,10-11,18,33-34H,7-8,32H2,1-3H3/t10?,11-,18-,23-/m0/s1. The van der Waals surface area contributed by atoms with Gasteiger partial charge in [-0.15, -0.1) is 0 Å². The number of alkyl halides is 3. The van der Waals surface area contributed by atoms with Crippen LogP contribution in [0.4, 0.5) is 30.7 Å². The fraction of sp³-hybridized carbons (Fsp3) is 0.458. The van der Waals surface area contributed by atoms with Crippen molar-refractivity contribution in [2.45, 2.75) is 45.8 Å². The lowest BCUT2D eigenvalue weighted by atomic mass is 9.74. The van der Waals surface area contributed by atoms with E-state index in [2.05, 4.69) is 9.50 Å². The Hall–Kier alpha value is -2.67. The van der Waals surface area contributed by atoms with Gasteiger partial charge in [0.2, 0.25) is 0 Å². The number of benzene rings is 1. The summed E-state index contributed by atoms with van der Waals surface area (Å²) in [6, 6.07) is 0.703. The van der Waals surface area contributed by atoms with Gasteiger partial charge in [-0.3, -0.25) is 0 Å². The van der Waals surface area contributed by atoms with Crippen molar-refractivity contribution in [2.24, 2.45) is 27.8 Å². The summed E-state index contributed by atoms with van der Waals surface area (Å²) in [6.45, 7) is 3.14. The zero-order chi connectivity index (χ0) is 27.7. The average molecular weight is 553 g/mol. The van der Waals surface area contributed by atoms with Crippen LogP contribution in [0.25, 0.3) is 0 Å². The number of carbonyl (C=O) groups is 1. The quantitative estimate of drug-likeness (QED) is 0.205. The van der Waals surface area contributed by atoms with Gasteiger partial charge in [-0.05, 0) is 55.4 Å². The number of carbonyl (C=O) groups excluding carboxylic acids is 1. The number of allylic oxidation sites excluding steroid dienone is 5. The third kappa shape index (κ3) is 4.39. The predicted molar refractivity (Wildman–Crippen MR) is 121 cm³/mol. The number of halogens is 7. The number of nitrogens with two attached hydrogens (primary N) is 1. The Labute approximate surface area is 211 Å². The topological polar surface area (TPSA) is 84.6 Å². The molecule has 13 heteroatoms. The number of rotatable bonds is 6. The summed E-state index contributed by atoms with van der Waals surface area (Å²) in [7, 11) is 0. The van der Waals surface area contributed by atoms with E-state index in [0.29, 0.717) is 12.1 Å². The van der Waals surface area contributed by atoms with Crippen LogP contribution in [0.15, 0.2) is 46.9 Å². The molecular weight excluding hydrogens is 529 g/mol. The molecule has 1 fully saturated rings. The van der Waals surface area contributed by atoms with Crippen molar-refractivity contribution in [3.8, 4) is 0 Å². The first kappa shape index (κ1) is 27.4. The third-order valence-corrected chi connectivity index (χ3v) is 7.89. The normalized spacial score (nSPS) is 28.0. The van der Waals surface area contributed by atoms with Crippen molar-refractivity contribution in [3.63, 3.8) is 0 Å². The molecule has 1 unspecified atom stereocenters. The van der Waals surface area contributed by atoms with E-state index in [4.69, 9.17) is 5.14 Å². The van der Waals surface area contributed by atoms with Crippen molar-refractivity contribution >= 4 is 18.2 Å². The number of aliphatic hydroxyl groups is 1. The van der Waals surface area contributed by atoms with Gasteiger partial charge < -0.3 is 14.6 Å². The van der Waals surface area contributed by atoms with Gasteiger partial charge in [-0.2, -0.15) is 13.2 Å². The summed E-state index contributed by atoms with van der Waals surface area (Å²) in [5.41, 5.74) is -5.15. The lowest BCUT2D eigenvalue weighted by molar-refractivity contribution is -0.198. The van der Waals surface area contributed by atoms with Crippen molar-refractivity contribution in [1.29, 1.82) is 0 Å². The molecule has 2 aliphatic carbocycles. The van der Waals surface area contributed by atoms with Crippen LogP contribution in [0.5, 0.6) is 0 Å². The maximum absolute atomic E-state index is 14.8. The highest BCUT2D eigenvalue weighted by atomic mass is 32.2. The second kappa shape index (κ2) is 8.97. The minimum absolute atomic E-state index is 0.0211. The van der Waals surface area contributed by atoms with Crippen LogP contribution >= 0.6 is 12.2 Å². The monoisotopic (exact) mass is 552 g/mol. The summed E-state index contributed by atoms with van der Waals surface area (Å²) in [5.74, 6) is -7.63. The summed E-state index contributed by atoms with van der Waals surface area (Å²) in [4.78, 5) is 11.7. The molecule has 1 aromatic rings. The van der Waals surface area contributed by atoms with Gasteiger partial charge in [0.05, 0.1) is 11.1 Å². The smallest absolute Gasteiger partial charge is 0.398 e. The number of nitrogens with one attached hydrogen (secondary N) is 1. The number of aliphatic hydroxyl groups excluding tert-OH is 1. The van der Waals surface area contributed by atoms with E-state index in [1.165, 1.54) is 0 Å². The van der Waals surface area contributed by atoms with Gasteiger partial charge >= 0.3 is 12.1 Å². The van der Waals surface area contributed by atoms with E-state index >= 15 is 0 Å². The highest BCUT2D eigenvalue weighted by Gasteiger charge is 2.61. The first-order chi connectivity index (χ1) is 17.0. The maximum atomic E-state index is 14.8. The molecule has 0 amide bonds. The maximum Gasteiger partial charge on any atom is 0.398 e. The molecular formula is C24H23F7N2O3S. The van der Waals surface area contributed by atoms with Crippen molar-refractivity contribution in [3.05, 3.63) is 69.7 Å². The Bertz CT molecular complexity index is 1230. The summed E-state index contributed by atoms with van der Waals surface area (Å²) in [5, 5.41) is 18.5. The van der Waals surface area contributed by atoms with Crippen LogP contribution in [0.3, 0.4) is 0 Å². The lowest BCUT2D eigenvalue weighted by Gasteiger charge is -2.36. The Morgan fingerprint density at radius 3 is 2.27 bits per heavy atom. The van der Waals surface area contributed by atoms with Crippen molar-refractivity contribution in [1.82, 2.24) is 5.32 Å². The molecule has 4 rings (SSSR count). The molecule has 0 aromatic heterocycles. The average Bonchev–Trinajstić information content (AvgIpc) is 3.42. The highest BCUT2D eigenvalue weighted by molar-refractivity contribution is 7.92. The lowest BCUT2D eigenvalue weighted by Crippen LogP contribution is -2.38. The molecule has 5 nitrogen and oxygen atoms in total. The van der Waals surface area contributed by atoms with E-state index in [1.807, 2.05) is 0 Å². The van der Waals surface area contributed by atoms with Crippen LogP contribution in [0.2, 0.25) is 0 Å². The van der Waals surface area contributed by atoms with Gasteiger partial charge in [0.15, 0.2) is 0 Å². The Balaban J connectivity index is 1.52. The van der Waals surface area contributed by atoms with E-state index in [9.17, 15) is 40.6 Å².